The first-order valence-electron chi connectivity index (χ1n) is 5.16. The second-order valence-electron chi connectivity index (χ2n) is 4.35. The molecule has 1 aromatic rings. The first-order chi connectivity index (χ1) is 7.11. The summed E-state index contributed by atoms with van der Waals surface area (Å²) in [6.45, 7) is 0.0943. The highest BCUT2D eigenvalue weighted by molar-refractivity contribution is 8.00. The number of aliphatic hydroxyl groups excluding tert-OH is 1. The van der Waals surface area contributed by atoms with Gasteiger partial charge in [-0.15, -0.1) is 11.8 Å². The molecular weight excluding hydrogens is 210 g/mol. The van der Waals surface area contributed by atoms with E-state index in [0.717, 1.165) is 19.3 Å². The molecule has 0 saturated heterocycles. The summed E-state index contributed by atoms with van der Waals surface area (Å²) < 4.78 is 1.80. The molecule has 0 spiro atoms. The lowest BCUT2D eigenvalue weighted by molar-refractivity contribution is 0.200. The zero-order chi connectivity index (χ0) is 10.9. The fourth-order valence-corrected chi connectivity index (χ4v) is 3.36. The Hall–Kier alpha value is -0.520. The number of thioether (sulfide) groups is 1. The molecule has 0 amide bonds. The van der Waals surface area contributed by atoms with Gasteiger partial charge in [0.2, 0.25) is 0 Å². The molecule has 4 nitrogen and oxygen atoms in total. The standard InChI is InChI=1S/C10H17N3OS/c1-13-6-9(5-12-13)15-8-2-3-10(11,4-8)7-14/h5-6,8,14H,2-4,7,11H2,1H3. The zero-order valence-corrected chi connectivity index (χ0v) is 9.70. The Balaban J connectivity index is 1.92. The number of hydrogen-bond donors (Lipinski definition) is 2. The SMILES string of the molecule is Cn1cc(SC2CCC(N)(CO)C2)cn1. The molecule has 0 aliphatic heterocycles. The quantitative estimate of drug-likeness (QED) is 0.800. The third-order valence-electron chi connectivity index (χ3n) is 2.90. The molecule has 0 radical (unpaired) electrons. The monoisotopic (exact) mass is 227 g/mol. The molecule has 2 atom stereocenters. The fraction of sp³-hybridized carbons (Fsp3) is 0.700. The van der Waals surface area contributed by atoms with E-state index in [1.165, 1.54) is 4.90 Å². The van der Waals surface area contributed by atoms with Gasteiger partial charge in [0.05, 0.1) is 12.8 Å². The van der Waals surface area contributed by atoms with Crippen LogP contribution in [-0.4, -0.2) is 32.3 Å². The Bertz CT molecular complexity index is 341. The van der Waals surface area contributed by atoms with Crippen molar-refractivity contribution < 1.29 is 5.11 Å². The summed E-state index contributed by atoms with van der Waals surface area (Å²) in [5, 5.41) is 13.8. The topological polar surface area (TPSA) is 64.1 Å². The summed E-state index contributed by atoms with van der Waals surface area (Å²) in [4.78, 5) is 1.18. The average molecular weight is 227 g/mol. The maximum atomic E-state index is 9.16. The molecule has 1 aliphatic carbocycles. The van der Waals surface area contributed by atoms with E-state index >= 15 is 0 Å². The van der Waals surface area contributed by atoms with Gasteiger partial charge >= 0.3 is 0 Å². The van der Waals surface area contributed by atoms with Gasteiger partial charge in [-0.25, -0.2) is 0 Å². The van der Waals surface area contributed by atoms with E-state index in [1.54, 1.807) is 4.68 Å². The van der Waals surface area contributed by atoms with E-state index in [-0.39, 0.29) is 12.1 Å². The minimum atomic E-state index is -0.347. The average Bonchev–Trinajstić information content (AvgIpc) is 2.76. The molecule has 1 aliphatic rings. The van der Waals surface area contributed by atoms with Gasteiger partial charge in [0, 0.05) is 28.9 Å². The Kier molecular flexibility index (Phi) is 3.04. The molecule has 1 saturated carbocycles. The highest BCUT2D eigenvalue weighted by atomic mass is 32.2. The summed E-state index contributed by atoms with van der Waals surface area (Å²) in [6, 6.07) is 0. The molecule has 5 heteroatoms. The molecule has 2 unspecified atom stereocenters. The van der Waals surface area contributed by atoms with Crippen molar-refractivity contribution in [2.75, 3.05) is 6.61 Å². The number of aliphatic hydroxyl groups is 1. The van der Waals surface area contributed by atoms with Crippen molar-refractivity contribution >= 4 is 11.8 Å². The van der Waals surface area contributed by atoms with Crippen molar-refractivity contribution in [3.63, 3.8) is 0 Å². The van der Waals surface area contributed by atoms with Gasteiger partial charge in [0.25, 0.3) is 0 Å². The van der Waals surface area contributed by atoms with Gasteiger partial charge in [0.1, 0.15) is 0 Å². The highest BCUT2D eigenvalue weighted by Gasteiger charge is 2.35. The number of nitrogens with two attached hydrogens (primary N) is 1. The molecule has 0 bridgehead atoms. The third-order valence-corrected chi connectivity index (χ3v) is 4.12. The second-order valence-corrected chi connectivity index (χ2v) is 5.73. The third kappa shape index (κ3) is 2.53. The van der Waals surface area contributed by atoms with Crippen molar-refractivity contribution in [1.29, 1.82) is 0 Å². The summed E-state index contributed by atoms with van der Waals surface area (Å²) in [5.41, 5.74) is 5.68. The Morgan fingerprint density at radius 2 is 2.60 bits per heavy atom. The predicted molar refractivity (Wildman–Crippen MR) is 60.7 cm³/mol. The maximum Gasteiger partial charge on any atom is 0.0625 e. The number of aryl methyl sites for hydroxylation is 1. The van der Waals surface area contributed by atoms with Crippen LogP contribution in [0.5, 0.6) is 0 Å². The molecule has 2 rings (SSSR count). The van der Waals surface area contributed by atoms with E-state index < -0.39 is 0 Å². The molecule has 1 fully saturated rings. The van der Waals surface area contributed by atoms with Crippen molar-refractivity contribution in [1.82, 2.24) is 9.78 Å². The summed E-state index contributed by atoms with van der Waals surface area (Å²) in [5.74, 6) is 0. The lowest BCUT2D eigenvalue weighted by Gasteiger charge is -2.20. The fourth-order valence-electron chi connectivity index (χ4n) is 2.00. The number of rotatable bonds is 3. The molecule has 1 heterocycles. The maximum absolute atomic E-state index is 9.16. The molecule has 15 heavy (non-hydrogen) atoms. The Morgan fingerprint density at radius 1 is 1.80 bits per heavy atom. The first-order valence-corrected chi connectivity index (χ1v) is 6.04. The van der Waals surface area contributed by atoms with Crippen LogP contribution in [0.3, 0.4) is 0 Å². The van der Waals surface area contributed by atoms with Gasteiger partial charge < -0.3 is 10.8 Å². The van der Waals surface area contributed by atoms with Crippen LogP contribution in [0.2, 0.25) is 0 Å². The van der Waals surface area contributed by atoms with Crippen molar-refractivity contribution in [3.05, 3.63) is 12.4 Å². The van der Waals surface area contributed by atoms with Crippen molar-refractivity contribution in [2.24, 2.45) is 12.8 Å². The summed E-state index contributed by atoms with van der Waals surface area (Å²) in [7, 11) is 1.92. The van der Waals surface area contributed by atoms with Crippen LogP contribution in [0.15, 0.2) is 17.3 Å². The van der Waals surface area contributed by atoms with E-state index in [2.05, 4.69) is 5.10 Å². The second kappa shape index (κ2) is 4.15. The Labute approximate surface area is 93.8 Å². The first kappa shape index (κ1) is 11.0. The Morgan fingerprint density at radius 3 is 3.13 bits per heavy atom. The van der Waals surface area contributed by atoms with Gasteiger partial charge in [-0.2, -0.15) is 5.10 Å². The smallest absolute Gasteiger partial charge is 0.0625 e. The minimum absolute atomic E-state index is 0.0943. The van der Waals surface area contributed by atoms with Gasteiger partial charge in [-0.3, -0.25) is 4.68 Å². The van der Waals surface area contributed by atoms with Crippen LogP contribution in [0.4, 0.5) is 0 Å². The van der Waals surface area contributed by atoms with Gasteiger partial charge in [0.15, 0.2) is 0 Å². The number of hydrogen-bond acceptors (Lipinski definition) is 4. The lowest BCUT2D eigenvalue weighted by atomic mass is 10.0. The molecule has 3 N–H and O–H groups in total. The van der Waals surface area contributed by atoms with Crippen LogP contribution in [0, 0.1) is 0 Å². The van der Waals surface area contributed by atoms with E-state index in [0.29, 0.717) is 5.25 Å². The minimum Gasteiger partial charge on any atom is -0.394 e. The van der Waals surface area contributed by atoms with Gasteiger partial charge in [-0.1, -0.05) is 0 Å². The molecule has 84 valence electrons. The van der Waals surface area contributed by atoms with Crippen LogP contribution in [0.25, 0.3) is 0 Å². The molecular formula is C10H17N3OS. The van der Waals surface area contributed by atoms with Crippen LogP contribution < -0.4 is 5.73 Å². The summed E-state index contributed by atoms with van der Waals surface area (Å²) >= 11 is 1.82. The summed E-state index contributed by atoms with van der Waals surface area (Å²) in [6.07, 6.45) is 6.78. The van der Waals surface area contributed by atoms with Crippen molar-refractivity contribution in [3.8, 4) is 0 Å². The largest absolute Gasteiger partial charge is 0.394 e. The van der Waals surface area contributed by atoms with E-state index in [9.17, 15) is 0 Å². The normalized spacial score (nSPS) is 31.0. The molecule has 0 aromatic carbocycles. The van der Waals surface area contributed by atoms with Crippen LogP contribution in [-0.2, 0) is 7.05 Å². The lowest BCUT2D eigenvalue weighted by Crippen LogP contribution is -2.40. The highest BCUT2D eigenvalue weighted by Crippen LogP contribution is 2.38. The van der Waals surface area contributed by atoms with Crippen LogP contribution in [0.1, 0.15) is 19.3 Å². The number of nitrogens with zero attached hydrogens (tertiary/aromatic N) is 2. The number of aromatic nitrogens is 2. The van der Waals surface area contributed by atoms with E-state index in [4.69, 9.17) is 10.8 Å². The molecule has 1 aromatic heterocycles. The van der Waals surface area contributed by atoms with Crippen molar-refractivity contribution in [2.45, 2.75) is 34.9 Å². The van der Waals surface area contributed by atoms with E-state index in [1.807, 2.05) is 31.2 Å². The predicted octanol–water partition coefficient (Wildman–Crippen LogP) is 0.754. The van der Waals surface area contributed by atoms with Gasteiger partial charge in [-0.05, 0) is 19.3 Å². The van der Waals surface area contributed by atoms with Crippen LogP contribution >= 0.6 is 11.8 Å². The zero-order valence-electron chi connectivity index (χ0n) is 8.89.